The summed E-state index contributed by atoms with van der Waals surface area (Å²) < 4.78 is 46.1. The number of fused-ring (bicyclic) bond motifs is 1. The second kappa shape index (κ2) is 10.9. The van der Waals surface area contributed by atoms with E-state index in [2.05, 4.69) is 27.7 Å². The molecule has 5 atom stereocenters. The smallest absolute Gasteiger partial charge is 0.345 e. The summed E-state index contributed by atoms with van der Waals surface area (Å²) in [7, 11) is 3.93. The van der Waals surface area contributed by atoms with Gasteiger partial charge in [-0.1, -0.05) is 25.7 Å². The van der Waals surface area contributed by atoms with Crippen molar-refractivity contribution in [2.45, 2.75) is 82.7 Å². The third-order valence-corrected chi connectivity index (χ3v) is 11.5. The molecule has 9 nitrogen and oxygen atoms in total. The van der Waals surface area contributed by atoms with Gasteiger partial charge in [-0.15, -0.1) is 0 Å². The van der Waals surface area contributed by atoms with Crippen molar-refractivity contribution in [1.29, 1.82) is 0 Å². The summed E-state index contributed by atoms with van der Waals surface area (Å²) in [6.45, 7) is 2.97. The van der Waals surface area contributed by atoms with Gasteiger partial charge in [0, 0.05) is 45.1 Å². The number of alkyl halides is 3. The maximum atomic E-state index is 14.4. The van der Waals surface area contributed by atoms with Gasteiger partial charge in [0.2, 0.25) is 5.91 Å². The van der Waals surface area contributed by atoms with Gasteiger partial charge in [-0.05, 0) is 75.1 Å². The number of imidazole rings is 1. The highest BCUT2D eigenvalue weighted by Gasteiger charge is 2.49. The molecule has 236 valence electrons. The second-order valence-electron chi connectivity index (χ2n) is 14.1. The van der Waals surface area contributed by atoms with Crippen LogP contribution in [0.5, 0.6) is 0 Å². The molecule has 0 bridgehead atoms. The lowest BCUT2D eigenvalue weighted by Crippen LogP contribution is -2.50. The number of pyridine rings is 1. The van der Waals surface area contributed by atoms with E-state index in [0.717, 1.165) is 38.8 Å². The number of nitrogens with zero attached hydrogens (tertiary/aromatic N) is 5. The number of halogens is 3. The van der Waals surface area contributed by atoms with Crippen LogP contribution in [-0.2, 0) is 17.5 Å². The molecule has 0 aromatic carbocycles. The Bertz CT molecular complexity index is 1430. The van der Waals surface area contributed by atoms with Gasteiger partial charge in [0.15, 0.2) is 0 Å². The normalized spacial score (nSPS) is 32.0. The summed E-state index contributed by atoms with van der Waals surface area (Å²) in [5, 5.41) is 0. The molecule has 7 rings (SSSR count). The van der Waals surface area contributed by atoms with Gasteiger partial charge in [-0.25, -0.2) is 15.6 Å². The van der Waals surface area contributed by atoms with Crippen molar-refractivity contribution in [2.75, 3.05) is 40.4 Å². The van der Waals surface area contributed by atoms with Gasteiger partial charge in [-0.2, -0.15) is 13.2 Å². The van der Waals surface area contributed by atoms with Gasteiger partial charge in [0.1, 0.15) is 0 Å². The highest BCUT2D eigenvalue weighted by atomic mass is 19.4. The SMILES string of the molecule is CN1CC[C@]2(CCN(Cc3cc(C(F)(F)F)c4cn(C5CCCC([C@@H](C6CCC6)C6NNCN6C)C5)c(=O)n4c3)C2)C1=O. The number of hydrogen-bond donors (Lipinski definition) is 2. The highest BCUT2D eigenvalue weighted by Crippen LogP contribution is 2.47. The van der Waals surface area contributed by atoms with Crippen LogP contribution < -0.4 is 16.5 Å². The molecule has 5 heterocycles. The zero-order valence-corrected chi connectivity index (χ0v) is 25.2. The van der Waals surface area contributed by atoms with Crippen LogP contribution >= 0.6 is 0 Å². The quantitative estimate of drug-likeness (QED) is 0.525. The molecular formula is C31H44F3N7O2. The Morgan fingerprint density at radius 2 is 1.77 bits per heavy atom. The second-order valence-corrected chi connectivity index (χ2v) is 14.1. The van der Waals surface area contributed by atoms with E-state index in [1.807, 2.05) is 7.05 Å². The van der Waals surface area contributed by atoms with Crippen molar-refractivity contribution in [2.24, 2.45) is 23.2 Å². The number of likely N-dealkylation sites (tertiary alicyclic amines) is 2. The van der Waals surface area contributed by atoms with Crippen molar-refractivity contribution >= 4 is 11.4 Å². The number of hydrazine groups is 1. The molecule has 2 N–H and O–H groups in total. The van der Waals surface area contributed by atoms with E-state index in [1.54, 1.807) is 15.7 Å². The van der Waals surface area contributed by atoms with Crippen LogP contribution in [-0.4, -0.2) is 76.1 Å². The minimum absolute atomic E-state index is 0.0780. The van der Waals surface area contributed by atoms with Crippen molar-refractivity contribution in [1.82, 2.24) is 34.5 Å². The topological polar surface area (TPSA) is 77.3 Å². The Balaban J connectivity index is 1.17. The lowest BCUT2D eigenvalue weighted by molar-refractivity contribution is -0.136. The molecule has 2 saturated carbocycles. The Morgan fingerprint density at radius 1 is 1.02 bits per heavy atom. The van der Waals surface area contributed by atoms with Crippen LogP contribution in [0.25, 0.3) is 5.52 Å². The van der Waals surface area contributed by atoms with Gasteiger partial charge in [-0.3, -0.25) is 23.6 Å². The first-order valence-electron chi connectivity index (χ1n) is 16.0. The number of hydrogen-bond acceptors (Lipinski definition) is 6. The monoisotopic (exact) mass is 603 g/mol. The highest BCUT2D eigenvalue weighted by molar-refractivity contribution is 5.85. The predicted octanol–water partition coefficient (Wildman–Crippen LogP) is 3.64. The van der Waals surface area contributed by atoms with Gasteiger partial charge >= 0.3 is 11.9 Å². The van der Waals surface area contributed by atoms with E-state index in [0.29, 0.717) is 49.4 Å². The number of amides is 1. The molecule has 2 aromatic heterocycles. The zero-order chi connectivity index (χ0) is 30.1. The largest absolute Gasteiger partial charge is 0.418 e. The fourth-order valence-electron chi connectivity index (χ4n) is 8.97. The van der Waals surface area contributed by atoms with Crippen molar-refractivity contribution < 1.29 is 18.0 Å². The van der Waals surface area contributed by atoms with E-state index in [9.17, 15) is 22.8 Å². The summed E-state index contributed by atoms with van der Waals surface area (Å²) in [6, 6.07) is 1.08. The number of rotatable bonds is 6. The van der Waals surface area contributed by atoms with Crippen LogP contribution in [0.15, 0.2) is 23.3 Å². The van der Waals surface area contributed by atoms with Crippen molar-refractivity contribution in [3.8, 4) is 0 Å². The van der Waals surface area contributed by atoms with Crippen molar-refractivity contribution in [3.63, 3.8) is 0 Å². The van der Waals surface area contributed by atoms with E-state index in [-0.39, 0.29) is 30.2 Å². The number of carbonyl (C=O) groups excluding carboxylic acids is 1. The average molecular weight is 604 g/mol. The van der Waals surface area contributed by atoms with Crippen LogP contribution in [0, 0.1) is 23.2 Å². The van der Waals surface area contributed by atoms with E-state index in [1.165, 1.54) is 35.9 Å². The van der Waals surface area contributed by atoms with Gasteiger partial charge < -0.3 is 4.90 Å². The molecule has 2 aromatic rings. The summed E-state index contributed by atoms with van der Waals surface area (Å²) >= 11 is 0. The Labute approximate surface area is 250 Å². The van der Waals surface area contributed by atoms with E-state index in [4.69, 9.17) is 0 Å². The molecule has 5 aliphatic rings. The number of carbonyl (C=O) groups is 1. The summed E-state index contributed by atoms with van der Waals surface area (Å²) in [5.41, 5.74) is 5.52. The molecule has 3 unspecified atom stereocenters. The number of nitrogens with one attached hydrogen (secondary N) is 2. The molecule has 1 spiro atoms. The molecule has 1 amide bonds. The molecule has 12 heteroatoms. The standard InChI is InChI=1S/C31H44F3N7O2/c1-37-11-9-30(28(37)42)10-12-39(18-30)15-20-13-24(31(32,33)34)25-17-40(29(43)41(25)16-20)23-8-4-7-22(14-23)26(21-5-3-6-21)27-36-35-19-38(27)2/h13,16-17,21-23,26-27,35-36H,3-12,14-15,18-19H2,1-2H3/t22?,23?,26-,27?,30-/m1/s1. The fraction of sp³-hybridized carbons (Fsp3) is 0.742. The van der Waals surface area contributed by atoms with E-state index < -0.39 is 22.8 Å². The van der Waals surface area contributed by atoms with Crippen LogP contribution in [0.2, 0.25) is 0 Å². The first-order valence-corrected chi connectivity index (χ1v) is 16.0. The van der Waals surface area contributed by atoms with Gasteiger partial charge in [0.25, 0.3) is 0 Å². The Kier molecular flexibility index (Phi) is 7.42. The van der Waals surface area contributed by atoms with Crippen molar-refractivity contribution in [3.05, 3.63) is 40.1 Å². The van der Waals surface area contributed by atoms with Crippen LogP contribution in [0.4, 0.5) is 13.2 Å². The first-order chi connectivity index (χ1) is 20.5. The Morgan fingerprint density at radius 3 is 2.42 bits per heavy atom. The summed E-state index contributed by atoms with van der Waals surface area (Å²) in [4.78, 5) is 32.8. The molecule has 43 heavy (non-hydrogen) atoms. The molecule has 3 aliphatic heterocycles. The minimum Gasteiger partial charge on any atom is -0.345 e. The summed E-state index contributed by atoms with van der Waals surface area (Å²) in [6.07, 6.45) is 7.51. The maximum Gasteiger partial charge on any atom is 0.418 e. The lowest BCUT2D eigenvalue weighted by Gasteiger charge is -2.46. The van der Waals surface area contributed by atoms with Crippen LogP contribution in [0.1, 0.15) is 75.0 Å². The van der Waals surface area contributed by atoms with E-state index >= 15 is 0 Å². The predicted molar refractivity (Wildman–Crippen MR) is 156 cm³/mol. The number of aromatic nitrogens is 2. The lowest BCUT2D eigenvalue weighted by atomic mass is 9.65. The Hall–Kier alpha value is -2.41. The van der Waals surface area contributed by atoms with Crippen LogP contribution in [0.3, 0.4) is 0 Å². The third-order valence-electron chi connectivity index (χ3n) is 11.5. The minimum atomic E-state index is -4.59. The zero-order valence-electron chi connectivity index (χ0n) is 25.2. The third kappa shape index (κ3) is 5.11. The molecule has 3 saturated heterocycles. The first kappa shape index (κ1) is 29.3. The van der Waals surface area contributed by atoms with Gasteiger partial charge in [0.05, 0.1) is 29.3 Å². The summed E-state index contributed by atoms with van der Waals surface area (Å²) in [5.74, 6) is 1.61. The average Bonchev–Trinajstić information content (AvgIpc) is 3.70. The maximum absolute atomic E-state index is 14.4. The molecule has 2 aliphatic carbocycles. The molecule has 5 fully saturated rings. The molecule has 0 radical (unpaired) electrons. The molecular weight excluding hydrogens is 559 g/mol. The fourth-order valence-corrected chi connectivity index (χ4v) is 8.97.